The van der Waals surface area contributed by atoms with Crippen LogP contribution in [0.1, 0.15) is 18.4 Å². The number of carbonyl (C=O) groups is 1. The number of aromatic nitrogens is 1. The molecule has 1 aromatic heterocycles. The second-order valence-corrected chi connectivity index (χ2v) is 7.40. The Morgan fingerprint density at radius 2 is 1.69 bits per heavy atom. The topological polar surface area (TPSA) is 65.9 Å². The van der Waals surface area contributed by atoms with Gasteiger partial charge in [0.1, 0.15) is 12.4 Å². The number of pyridine rings is 1. The summed E-state index contributed by atoms with van der Waals surface area (Å²) in [5.74, 6) is 0.131. The highest BCUT2D eigenvalue weighted by atomic mass is 19.4. The van der Waals surface area contributed by atoms with Gasteiger partial charge >= 0.3 is 18.4 Å². The molecule has 1 N–H and O–H groups in total. The summed E-state index contributed by atoms with van der Waals surface area (Å²) < 4.78 is 83.1. The van der Waals surface area contributed by atoms with Gasteiger partial charge in [-0.15, -0.1) is 0 Å². The van der Waals surface area contributed by atoms with Crippen LogP contribution in [-0.4, -0.2) is 66.2 Å². The largest absolute Gasteiger partial charge is 0.445 e. The van der Waals surface area contributed by atoms with Crippen LogP contribution in [0.25, 0.3) is 0 Å². The van der Waals surface area contributed by atoms with Crippen molar-refractivity contribution >= 4 is 11.9 Å². The molecule has 1 aliphatic carbocycles. The number of anilines is 1. The van der Waals surface area contributed by atoms with Crippen molar-refractivity contribution in [1.29, 1.82) is 0 Å². The molecule has 6 nitrogen and oxygen atoms in total. The Morgan fingerprint density at radius 3 is 2.19 bits per heavy atom. The average Bonchev–Trinajstić information content (AvgIpc) is 2.76. The van der Waals surface area contributed by atoms with Gasteiger partial charge in [0.15, 0.2) is 0 Å². The number of carbonyl (C=O) groups excluding carboxylic acids is 1. The van der Waals surface area contributed by atoms with Crippen molar-refractivity contribution in [2.45, 2.75) is 30.8 Å². The Labute approximate surface area is 179 Å². The first-order valence-corrected chi connectivity index (χ1v) is 9.78. The lowest BCUT2D eigenvalue weighted by atomic mass is 9.94. The smallest absolute Gasteiger partial charge is 0.430 e. The second kappa shape index (κ2) is 9.00. The Bertz CT molecular complexity index is 858. The quantitative estimate of drug-likeness (QED) is 0.683. The summed E-state index contributed by atoms with van der Waals surface area (Å²) in [5, 5.41) is 9.43. The maximum absolute atomic E-state index is 13.0. The van der Waals surface area contributed by atoms with Crippen LogP contribution in [0.4, 0.5) is 37.0 Å². The van der Waals surface area contributed by atoms with Crippen LogP contribution in [0.15, 0.2) is 42.1 Å². The molecule has 0 spiro atoms. The summed E-state index contributed by atoms with van der Waals surface area (Å²) in [6.07, 6.45) is -4.38. The lowest BCUT2D eigenvalue weighted by Crippen LogP contribution is -2.54. The number of allylic oxidation sites excluding steroid dienone is 2. The standard InChI is InChI=1S/C20H21F6N3O3/c21-19(22,23)18(31,20(24,25)26)15-6-7-16(27-12-15)28-8-10-29(11-9-28)17(30)32-13-14-4-2-1-3-5-14/h2,4-7,12,31H,1,3,8-11,13H2. The normalized spacial score (nSPS) is 17.9. The van der Waals surface area contributed by atoms with Crippen LogP contribution >= 0.6 is 0 Å². The summed E-state index contributed by atoms with van der Waals surface area (Å²) in [4.78, 5) is 19.0. The third-order valence-corrected chi connectivity index (χ3v) is 5.28. The number of amides is 1. The summed E-state index contributed by atoms with van der Waals surface area (Å²) in [6.45, 7) is 1.15. The second-order valence-electron chi connectivity index (χ2n) is 7.40. The number of piperazine rings is 1. The number of aliphatic hydroxyl groups is 1. The summed E-state index contributed by atoms with van der Waals surface area (Å²) >= 11 is 0. The minimum atomic E-state index is -5.97. The lowest BCUT2D eigenvalue weighted by Gasteiger charge is -2.35. The molecular formula is C20H21F6N3O3. The van der Waals surface area contributed by atoms with Crippen molar-refractivity contribution < 1.29 is 41.0 Å². The number of rotatable bonds is 4. The average molecular weight is 465 g/mol. The van der Waals surface area contributed by atoms with Crippen LogP contribution in [0.2, 0.25) is 0 Å². The van der Waals surface area contributed by atoms with Gasteiger partial charge in [-0.3, -0.25) is 0 Å². The van der Waals surface area contributed by atoms with Crippen molar-refractivity contribution in [3.8, 4) is 0 Å². The maximum Gasteiger partial charge on any atom is 0.430 e. The molecule has 1 aliphatic heterocycles. The molecule has 12 heteroatoms. The fourth-order valence-corrected chi connectivity index (χ4v) is 3.40. The number of hydrogen-bond acceptors (Lipinski definition) is 5. The predicted octanol–water partition coefficient (Wildman–Crippen LogP) is 3.93. The molecule has 1 fully saturated rings. The minimum Gasteiger partial charge on any atom is -0.445 e. The van der Waals surface area contributed by atoms with Crippen LogP contribution in [0.5, 0.6) is 0 Å². The third-order valence-electron chi connectivity index (χ3n) is 5.28. The van der Waals surface area contributed by atoms with Crippen molar-refractivity contribution in [2.75, 3.05) is 37.7 Å². The Kier molecular flexibility index (Phi) is 6.72. The van der Waals surface area contributed by atoms with E-state index in [1.165, 1.54) is 4.90 Å². The molecule has 0 aromatic carbocycles. The minimum absolute atomic E-state index is 0.131. The van der Waals surface area contributed by atoms with Gasteiger partial charge in [-0.2, -0.15) is 26.3 Å². The molecule has 0 radical (unpaired) electrons. The highest BCUT2D eigenvalue weighted by Crippen LogP contribution is 2.49. The summed E-state index contributed by atoms with van der Waals surface area (Å²) in [5.41, 5.74) is -5.53. The molecule has 2 heterocycles. The molecule has 0 unspecified atom stereocenters. The third kappa shape index (κ3) is 4.84. The van der Waals surface area contributed by atoms with Gasteiger partial charge in [0.2, 0.25) is 0 Å². The predicted molar refractivity (Wildman–Crippen MR) is 102 cm³/mol. The van der Waals surface area contributed by atoms with Crippen LogP contribution in [0, 0.1) is 0 Å². The number of nitrogens with zero attached hydrogens (tertiary/aromatic N) is 3. The molecule has 176 valence electrons. The van der Waals surface area contributed by atoms with Gasteiger partial charge in [-0.05, 0) is 24.5 Å². The van der Waals surface area contributed by atoms with Crippen molar-refractivity contribution in [3.63, 3.8) is 0 Å². The maximum atomic E-state index is 13.0. The zero-order chi connectivity index (χ0) is 23.6. The number of hydrogen-bond donors (Lipinski definition) is 1. The van der Waals surface area contributed by atoms with Crippen LogP contribution in [0.3, 0.4) is 0 Å². The van der Waals surface area contributed by atoms with E-state index >= 15 is 0 Å². The van der Waals surface area contributed by atoms with Gasteiger partial charge in [0, 0.05) is 37.9 Å². The van der Waals surface area contributed by atoms with Gasteiger partial charge in [-0.1, -0.05) is 24.3 Å². The van der Waals surface area contributed by atoms with Crippen molar-refractivity contribution in [3.05, 3.63) is 47.7 Å². The summed E-state index contributed by atoms with van der Waals surface area (Å²) in [6, 6.07) is 1.53. The Hall–Kier alpha value is -2.76. The number of halogens is 6. The molecule has 0 atom stereocenters. The van der Waals surface area contributed by atoms with E-state index in [9.17, 15) is 36.2 Å². The van der Waals surface area contributed by atoms with Gasteiger partial charge in [0.05, 0.1) is 0 Å². The first kappa shape index (κ1) is 23.9. The van der Waals surface area contributed by atoms with E-state index in [1.807, 2.05) is 18.2 Å². The van der Waals surface area contributed by atoms with E-state index in [0.29, 0.717) is 12.3 Å². The Morgan fingerprint density at radius 1 is 1.03 bits per heavy atom. The molecule has 1 aromatic rings. The van der Waals surface area contributed by atoms with E-state index in [1.54, 1.807) is 4.90 Å². The molecule has 32 heavy (non-hydrogen) atoms. The monoisotopic (exact) mass is 465 g/mol. The highest BCUT2D eigenvalue weighted by Gasteiger charge is 2.71. The Balaban J connectivity index is 1.59. The number of alkyl halides is 6. The molecule has 2 aliphatic rings. The SMILES string of the molecule is O=C(OCC1=CCCC=C1)N1CCN(c2ccc(C(O)(C(F)(F)F)C(F)(F)F)cn2)CC1. The molecule has 0 bridgehead atoms. The van der Waals surface area contributed by atoms with E-state index < -0.39 is 29.6 Å². The molecule has 0 saturated carbocycles. The molecule has 3 rings (SSSR count). The van der Waals surface area contributed by atoms with E-state index in [2.05, 4.69) is 4.98 Å². The van der Waals surface area contributed by atoms with Crippen LogP contribution < -0.4 is 4.90 Å². The van der Waals surface area contributed by atoms with Crippen LogP contribution in [-0.2, 0) is 10.3 Å². The number of ether oxygens (including phenoxy) is 1. The fourth-order valence-electron chi connectivity index (χ4n) is 3.40. The van der Waals surface area contributed by atoms with Gasteiger partial charge in [0.25, 0.3) is 5.60 Å². The van der Waals surface area contributed by atoms with E-state index in [-0.39, 0.29) is 38.6 Å². The first-order valence-electron chi connectivity index (χ1n) is 9.78. The zero-order valence-electron chi connectivity index (χ0n) is 16.8. The fraction of sp³-hybridized carbons (Fsp3) is 0.500. The zero-order valence-corrected chi connectivity index (χ0v) is 16.8. The summed E-state index contributed by atoms with van der Waals surface area (Å²) in [7, 11) is 0. The molecule has 1 saturated heterocycles. The van der Waals surface area contributed by atoms with Gasteiger partial charge < -0.3 is 19.6 Å². The highest BCUT2D eigenvalue weighted by molar-refractivity contribution is 5.68. The van der Waals surface area contributed by atoms with E-state index in [0.717, 1.165) is 24.5 Å². The van der Waals surface area contributed by atoms with E-state index in [4.69, 9.17) is 4.74 Å². The first-order chi connectivity index (χ1) is 14.9. The molecular weight excluding hydrogens is 444 g/mol. The lowest BCUT2D eigenvalue weighted by molar-refractivity contribution is -0.376. The van der Waals surface area contributed by atoms with Crippen molar-refractivity contribution in [2.24, 2.45) is 0 Å². The van der Waals surface area contributed by atoms with Crippen molar-refractivity contribution in [1.82, 2.24) is 9.88 Å². The molecule has 1 amide bonds. The van der Waals surface area contributed by atoms with Gasteiger partial charge in [-0.25, -0.2) is 9.78 Å².